The molecule has 21 heteroatoms. The van der Waals surface area contributed by atoms with Gasteiger partial charge < -0.3 is 24.2 Å². The summed E-state index contributed by atoms with van der Waals surface area (Å²) in [6.07, 6.45) is -1.05. The third-order valence-corrected chi connectivity index (χ3v) is 16.7. The van der Waals surface area contributed by atoms with Crippen molar-refractivity contribution in [3.63, 3.8) is 0 Å². The molecule has 0 bridgehead atoms. The molecule has 5 aromatic carbocycles. The van der Waals surface area contributed by atoms with Gasteiger partial charge in [-0.25, -0.2) is 31.3 Å². The summed E-state index contributed by atoms with van der Waals surface area (Å²) in [6, 6.07) is 27.6. The number of methoxy groups -OCH3 is 3. The highest BCUT2D eigenvalue weighted by atomic mass is 79.9. The number of nitrogens with one attached hydrogen (secondary N) is 1. The van der Waals surface area contributed by atoms with Gasteiger partial charge in [0, 0.05) is 25.7 Å². The minimum absolute atomic E-state index is 0.0632. The van der Waals surface area contributed by atoms with E-state index in [1.165, 1.54) is 51.7 Å². The Kier molecular flexibility index (Phi) is 13.9. The Morgan fingerprint density at radius 1 is 0.838 bits per heavy atom. The van der Waals surface area contributed by atoms with Gasteiger partial charge in [-0.2, -0.15) is 9.10 Å². The number of carbonyl (C=O) groups is 1. The van der Waals surface area contributed by atoms with Crippen molar-refractivity contribution in [1.29, 1.82) is 0 Å². The minimum atomic E-state index is -4.95. The molecule has 0 radical (unpaired) electrons. The van der Waals surface area contributed by atoms with Crippen LogP contribution in [0.3, 0.4) is 0 Å². The van der Waals surface area contributed by atoms with Crippen LogP contribution in [0.5, 0.6) is 17.2 Å². The second-order valence-corrected chi connectivity index (χ2v) is 23.1. The van der Waals surface area contributed by atoms with Gasteiger partial charge in [0.05, 0.1) is 49.7 Å². The van der Waals surface area contributed by atoms with E-state index in [1.54, 1.807) is 79.9 Å². The highest BCUT2D eigenvalue weighted by molar-refractivity contribution is 9.11. The third-order valence-electron chi connectivity index (χ3n) is 11.7. The number of rotatable bonds is 16. The van der Waals surface area contributed by atoms with Crippen molar-refractivity contribution in [1.82, 2.24) is 39.1 Å². The average molecular weight is 1050 g/mol. The molecule has 1 saturated heterocycles. The molecule has 1 amide bonds. The smallest absolute Gasteiger partial charge is 0.407 e. The van der Waals surface area contributed by atoms with Gasteiger partial charge in [0.25, 0.3) is 0 Å². The summed E-state index contributed by atoms with van der Waals surface area (Å²) in [5, 5.41) is 23.8. The monoisotopic (exact) mass is 1040 g/mol. The first kappa shape index (κ1) is 48.5. The first-order chi connectivity index (χ1) is 32.4. The number of nitrogens with zero attached hydrogens (tertiary/aromatic N) is 7. The number of benzene rings is 5. The lowest BCUT2D eigenvalue weighted by molar-refractivity contribution is 0.0999. The maximum Gasteiger partial charge on any atom is 0.407 e. The predicted molar refractivity (Wildman–Crippen MR) is 261 cm³/mol. The van der Waals surface area contributed by atoms with Crippen LogP contribution in [0.1, 0.15) is 43.9 Å². The molecule has 1 aliphatic rings. The molecule has 0 aliphatic carbocycles. The Labute approximate surface area is 406 Å². The molecule has 17 nitrogen and oxygen atoms in total. The van der Waals surface area contributed by atoms with Gasteiger partial charge in [0.15, 0.2) is 3.92 Å². The zero-order chi connectivity index (χ0) is 48.5. The molecule has 356 valence electrons. The molecule has 2 unspecified atom stereocenters. The van der Waals surface area contributed by atoms with E-state index >= 15 is 16.8 Å². The van der Waals surface area contributed by atoms with Gasteiger partial charge in [-0.1, -0.05) is 69.3 Å². The van der Waals surface area contributed by atoms with E-state index in [-0.39, 0.29) is 49.6 Å². The molecule has 0 saturated carbocycles. The van der Waals surface area contributed by atoms with Gasteiger partial charge in [-0.05, 0) is 115 Å². The number of fused-ring (bicyclic) bond motifs is 1. The van der Waals surface area contributed by atoms with E-state index in [4.69, 9.17) is 19.3 Å². The number of sulfonamides is 2. The summed E-state index contributed by atoms with van der Waals surface area (Å²) in [7, 11) is -5.16. The number of ether oxygens (including phenoxy) is 3. The minimum Gasteiger partial charge on any atom is -0.497 e. The number of thiazole rings is 1. The molecular weight excluding hydrogens is 997 g/mol. The topological polar surface area (TPSA) is 208 Å². The number of halogens is 1. The summed E-state index contributed by atoms with van der Waals surface area (Å²) < 4.78 is 84.6. The van der Waals surface area contributed by atoms with E-state index < -0.39 is 53.4 Å². The third kappa shape index (κ3) is 10.2. The van der Waals surface area contributed by atoms with Crippen molar-refractivity contribution in [2.75, 3.05) is 27.9 Å². The molecule has 1 fully saturated rings. The number of likely N-dealkylation sites (tertiary alicyclic amines) is 1. The van der Waals surface area contributed by atoms with Crippen molar-refractivity contribution in [3.05, 3.63) is 124 Å². The van der Waals surface area contributed by atoms with Crippen molar-refractivity contribution < 1.29 is 40.9 Å². The molecule has 8 rings (SSSR count). The number of hydrogen-bond acceptors (Lipinski definition) is 13. The lowest BCUT2D eigenvalue weighted by atomic mass is 9.83. The van der Waals surface area contributed by atoms with Gasteiger partial charge in [0.1, 0.15) is 27.0 Å². The van der Waals surface area contributed by atoms with Crippen molar-refractivity contribution in [2.45, 2.75) is 68.7 Å². The fourth-order valence-electron chi connectivity index (χ4n) is 8.55. The van der Waals surface area contributed by atoms with E-state index in [0.29, 0.717) is 43.4 Å². The molecular formula is C47H49BrN8O9S3. The standard InChI is InChI=1S/C47H49BrN8O9S3/c1-47(2,3)43-37(23-24-55(43)46(57)58)52-67(59,60)40-22-20-36(32-13-21-39-38(25-32)49-45(48)66-39)41(44-50-53-56(51-44)28-31-11-18-35(65-6)19-12-31)42(40)68(61,62)54(26-29-7-14-33(63-4)15-8-29)27-30-9-16-34(64-5)17-10-30/h7-22,25,37,43,52H,23-24,26-28H2,1-6H3,(H,57,58). The molecule has 68 heavy (non-hydrogen) atoms. The summed E-state index contributed by atoms with van der Waals surface area (Å²) in [6.45, 7) is 5.28. The van der Waals surface area contributed by atoms with Crippen LogP contribution in [0, 0.1) is 5.41 Å². The fourth-order valence-corrected chi connectivity index (χ4v) is 13.6. The SMILES string of the molecule is COc1ccc(CN(Cc2ccc(OC)cc2)S(=O)(=O)c2c(S(=O)(=O)NC3CCN(C(=O)O)C3C(C)(C)C)ccc(-c3ccc4sc(Br)nc4c3)c2-c2nnn(Cc3ccc(OC)cc3)n2)cc1. The summed E-state index contributed by atoms with van der Waals surface area (Å²) in [5.41, 5.74) is 2.52. The Morgan fingerprint density at radius 2 is 1.41 bits per heavy atom. The first-order valence-corrected chi connectivity index (χ1v) is 25.8. The summed E-state index contributed by atoms with van der Waals surface area (Å²) >= 11 is 4.89. The van der Waals surface area contributed by atoms with Gasteiger partial charge in [-0.3, -0.25) is 0 Å². The van der Waals surface area contributed by atoms with Crippen LogP contribution in [0.4, 0.5) is 4.79 Å². The molecule has 1 aliphatic heterocycles. The Morgan fingerprint density at radius 3 is 1.96 bits per heavy atom. The van der Waals surface area contributed by atoms with E-state index in [1.807, 2.05) is 39.0 Å². The molecule has 7 aromatic rings. The van der Waals surface area contributed by atoms with Crippen molar-refractivity contribution in [2.24, 2.45) is 5.41 Å². The lowest BCUT2D eigenvalue weighted by Crippen LogP contribution is -2.52. The Balaban J connectivity index is 1.38. The fraction of sp³-hybridized carbons (Fsp3) is 0.298. The van der Waals surface area contributed by atoms with Crippen molar-refractivity contribution >= 4 is 63.6 Å². The maximum atomic E-state index is 16.2. The largest absolute Gasteiger partial charge is 0.497 e. The number of aromatic nitrogens is 5. The van der Waals surface area contributed by atoms with Gasteiger partial charge in [0.2, 0.25) is 25.9 Å². The van der Waals surface area contributed by atoms with Crippen LogP contribution in [0.15, 0.2) is 117 Å². The summed E-state index contributed by atoms with van der Waals surface area (Å²) in [5.74, 6) is 1.60. The summed E-state index contributed by atoms with van der Waals surface area (Å²) in [4.78, 5) is 18.5. The Bertz CT molecular complexity index is 3130. The van der Waals surface area contributed by atoms with Gasteiger partial charge in [-0.15, -0.1) is 21.5 Å². The first-order valence-electron chi connectivity index (χ1n) is 21.3. The zero-order valence-corrected chi connectivity index (χ0v) is 42.0. The second kappa shape index (κ2) is 19.6. The normalized spacial score (nSPS) is 15.6. The van der Waals surface area contributed by atoms with Crippen LogP contribution in [-0.4, -0.2) is 102 Å². The van der Waals surface area contributed by atoms with Gasteiger partial charge >= 0.3 is 6.09 Å². The van der Waals surface area contributed by atoms with Crippen LogP contribution in [-0.2, 0) is 39.7 Å². The molecule has 2 aromatic heterocycles. The average Bonchev–Trinajstić information content (AvgIpc) is 4.06. The number of amides is 1. The van der Waals surface area contributed by atoms with E-state index in [0.717, 1.165) is 10.3 Å². The van der Waals surface area contributed by atoms with Crippen LogP contribution >= 0.6 is 27.3 Å². The zero-order valence-electron chi connectivity index (χ0n) is 38.0. The highest BCUT2D eigenvalue weighted by Crippen LogP contribution is 2.43. The molecule has 2 N–H and O–H groups in total. The van der Waals surface area contributed by atoms with Crippen LogP contribution in [0.25, 0.3) is 32.7 Å². The number of hydrogen-bond donors (Lipinski definition) is 2. The molecule has 3 heterocycles. The van der Waals surface area contributed by atoms with Crippen molar-refractivity contribution in [3.8, 4) is 39.8 Å². The predicted octanol–water partition coefficient (Wildman–Crippen LogP) is 8.29. The molecule has 0 spiro atoms. The van der Waals surface area contributed by atoms with Crippen LogP contribution in [0.2, 0.25) is 0 Å². The van der Waals surface area contributed by atoms with Crippen LogP contribution < -0.4 is 18.9 Å². The second-order valence-electron chi connectivity index (χ2n) is 17.2. The van der Waals surface area contributed by atoms with E-state index in [2.05, 4.69) is 35.9 Å². The number of carboxylic acid groups (broad SMARTS) is 1. The Hall–Kier alpha value is -5.97. The quantitative estimate of drug-likeness (QED) is 0.0935. The number of tetrazole rings is 1. The lowest BCUT2D eigenvalue weighted by Gasteiger charge is -2.37. The highest BCUT2D eigenvalue weighted by Gasteiger charge is 2.47. The maximum absolute atomic E-state index is 16.2. The molecule has 2 atom stereocenters. The van der Waals surface area contributed by atoms with E-state index in [9.17, 15) is 9.90 Å².